The highest BCUT2D eigenvalue weighted by Gasteiger charge is 2.40. The zero-order valence-corrected chi connectivity index (χ0v) is 7.70. The molecule has 0 bridgehead atoms. The highest BCUT2D eigenvalue weighted by atomic mass is 19.3. The number of hydrogen-bond acceptors (Lipinski definition) is 2. The molecule has 1 fully saturated rings. The Morgan fingerprint density at radius 2 is 2.14 bits per heavy atom. The first-order valence-corrected chi connectivity index (χ1v) is 4.60. The van der Waals surface area contributed by atoms with E-state index in [0.29, 0.717) is 6.54 Å². The maximum atomic E-state index is 12.4. The highest BCUT2D eigenvalue weighted by Crippen LogP contribution is 2.21. The molecule has 1 atom stereocenters. The second kappa shape index (κ2) is 4.93. The van der Waals surface area contributed by atoms with Crippen LogP contribution in [-0.4, -0.2) is 38.5 Å². The van der Waals surface area contributed by atoms with Crippen LogP contribution in [0.1, 0.15) is 6.42 Å². The van der Waals surface area contributed by atoms with Gasteiger partial charge in [0.25, 0.3) is 0 Å². The van der Waals surface area contributed by atoms with Gasteiger partial charge in [-0.3, -0.25) is 0 Å². The Kier molecular flexibility index (Phi) is 4.12. The standard InChI is InChI=1S/C8H14F4N2/c9-7(10)8(11,12)5-14-4-6-1-2-13-3-6/h6-7,13-14H,1-5H2. The summed E-state index contributed by atoms with van der Waals surface area (Å²) in [5.74, 6) is -3.63. The summed E-state index contributed by atoms with van der Waals surface area (Å²) in [5.41, 5.74) is 0. The van der Waals surface area contributed by atoms with Crippen LogP contribution in [0.25, 0.3) is 0 Å². The van der Waals surface area contributed by atoms with Gasteiger partial charge in [-0.15, -0.1) is 0 Å². The molecule has 1 aliphatic rings. The third-order valence-electron chi connectivity index (χ3n) is 2.28. The van der Waals surface area contributed by atoms with Gasteiger partial charge in [0.15, 0.2) is 0 Å². The van der Waals surface area contributed by atoms with Crippen molar-refractivity contribution in [2.45, 2.75) is 18.8 Å². The van der Waals surface area contributed by atoms with Gasteiger partial charge in [-0.05, 0) is 32.0 Å². The molecular weight excluding hydrogens is 200 g/mol. The highest BCUT2D eigenvalue weighted by molar-refractivity contribution is 4.76. The molecule has 1 saturated heterocycles. The number of hydrogen-bond donors (Lipinski definition) is 2. The van der Waals surface area contributed by atoms with E-state index >= 15 is 0 Å². The van der Waals surface area contributed by atoms with Crippen molar-refractivity contribution < 1.29 is 17.6 Å². The zero-order valence-electron chi connectivity index (χ0n) is 7.70. The van der Waals surface area contributed by atoms with Gasteiger partial charge in [0.05, 0.1) is 6.54 Å². The van der Waals surface area contributed by atoms with Crippen LogP contribution >= 0.6 is 0 Å². The van der Waals surface area contributed by atoms with E-state index in [1.54, 1.807) is 0 Å². The molecule has 1 aliphatic heterocycles. The lowest BCUT2D eigenvalue weighted by Gasteiger charge is -2.17. The molecule has 0 spiro atoms. The molecule has 1 heterocycles. The summed E-state index contributed by atoms with van der Waals surface area (Å²) < 4.78 is 48.2. The fourth-order valence-electron chi connectivity index (χ4n) is 1.41. The van der Waals surface area contributed by atoms with Crippen molar-refractivity contribution in [2.75, 3.05) is 26.2 Å². The van der Waals surface area contributed by atoms with Crippen molar-refractivity contribution >= 4 is 0 Å². The van der Waals surface area contributed by atoms with E-state index in [1.165, 1.54) is 0 Å². The van der Waals surface area contributed by atoms with Crippen LogP contribution in [0.15, 0.2) is 0 Å². The van der Waals surface area contributed by atoms with Crippen molar-refractivity contribution in [3.63, 3.8) is 0 Å². The van der Waals surface area contributed by atoms with Gasteiger partial charge < -0.3 is 10.6 Å². The Labute approximate surface area is 80.0 Å². The summed E-state index contributed by atoms with van der Waals surface area (Å²) in [6.45, 7) is 1.07. The molecule has 14 heavy (non-hydrogen) atoms. The van der Waals surface area contributed by atoms with Crippen molar-refractivity contribution in [1.82, 2.24) is 10.6 Å². The molecule has 2 nitrogen and oxygen atoms in total. The van der Waals surface area contributed by atoms with Crippen LogP contribution in [0.3, 0.4) is 0 Å². The van der Waals surface area contributed by atoms with E-state index in [1.807, 2.05) is 0 Å². The lowest BCUT2D eigenvalue weighted by atomic mass is 10.1. The molecule has 0 aromatic heterocycles. The Morgan fingerprint density at radius 3 is 2.64 bits per heavy atom. The number of alkyl halides is 4. The first kappa shape index (κ1) is 11.7. The zero-order chi connectivity index (χ0) is 10.6. The van der Waals surface area contributed by atoms with Gasteiger partial charge in [-0.2, -0.15) is 8.78 Å². The third-order valence-corrected chi connectivity index (χ3v) is 2.28. The molecule has 0 saturated carbocycles. The summed E-state index contributed by atoms with van der Waals surface area (Å²) in [5, 5.41) is 5.45. The van der Waals surface area contributed by atoms with E-state index in [9.17, 15) is 17.6 Å². The summed E-state index contributed by atoms with van der Waals surface area (Å²) >= 11 is 0. The predicted octanol–water partition coefficient (Wildman–Crippen LogP) is 1.09. The molecule has 0 radical (unpaired) electrons. The average Bonchev–Trinajstić information content (AvgIpc) is 2.56. The van der Waals surface area contributed by atoms with Crippen LogP contribution in [0.2, 0.25) is 0 Å². The van der Waals surface area contributed by atoms with Crippen molar-refractivity contribution in [1.29, 1.82) is 0 Å². The molecule has 84 valence electrons. The first-order valence-electron chi connectivity index (χ1n) is 4.60. The van der Waals surface area contributed by atoms with Crippen molar-refractivity contribution in [3.05, 3.63) is 0 Å². The van der Waals surface area contributed by atoms with E-state index < -0.39 is 18.9 Å². The van der Waals surface area contributed by atoms with Crippen molar-refractivity contribution in [2.24, 2.45) is 5.92 Å². The maximum Gasteiger partial charge on any atom is 0.319 e. The van der Waals surface area contributed by atoms with Crippen LogP contribution in [0.5, 0.6) is 0 Å². The molecule has 2 N–H and O–H groups in total. The Hall–Kier alpha value is -0.360. The van der Waals surface area contributed by atoms with Gasteiger partial charge in [-0.1, -0.05) is 0 Å². The molecule has 1 rings (SSSR count). The summed E-state index contributed by atoms with van der Waals surface area (Å²) in [6.07, 6.45) is -2.68. The topological polar surface area (TPSA) is 24.1 Å². The minimum Gasteiger partial charge on any atom is -0.316 e. The van der Waals surface area contributed by atoms with Crippen LogP contribution < -0.4 is 10.6 Å². The maximum absolute atomic E-state index is 12.4. The fourth-order valence-corrected chi connectivity index (χ4v) is 1.41. The predicted molar refractivity (Wildman–Crippen MR) is 44.8 cm³/mol. The second-order valence-electron chi connectivity index (χ2n) is 3.55. The van der Waals surface area contributed by atoms with E-state index in [4.69, 9.17) is 0 Å². The fraction of sp³-hybridized carbons (Fsp3) is 1.00. The normalized spacial score (nSPS) is 23.4. The molecule has 1 unspecified atom stereocenters. The number of rotatable bonds is 5. The molecular formula is C8H14F4N2. The Balaban J connectivity index is 2.13. The van der Waals surface area contributed by atoms with Gasteiger partial charge in [0, 0.05) is 0 Å². The number of halogens is 4. The second-order valence-corrected chi connectivity index (χ2v) is 3.55. The minimum absolute atomic E-state index is 0.281. The Bertz CT molecular complexity index is 169. The summed E-state index contributed by atoms with van der Waals surface area (Å²) in [6, 6.07) is 0. The average molecular weight is 214 g/mol. The minimum atomic E-state index is -3.91. The van der Waals surface area contributed by atoms with Crippen LogP contribution in [0.4, 0.5) is 17.6 Å². The van der Waals surface area contributed by atoms with Gasteiger partial charge in [0.2, 0.25) is 0 Å². The largest absolute Gasteiger partial charge is 0.319 e. The molecule has 6 heteroatoms. The van der Waals surface area contributed by atoms with E-state index in [0.717, 1.165) is 19.5 Å². The molecule has 0 aromatic carbocycles. The third kappa shape index (κ3) is 3.42. The molecule has 0 aliphatic carbocycles. The lowest BCUT2D eigenvalue weighted by Crippen LogP contribution is -2.40. The number of nitrogens with one attached hydrogen (secondary N) is 2. The molecule has 0 amide bonds. The van der Waals surface area contributed by atoms with E-state index in [-0.39, 0.29) is 5.92 Å². The molecule has 0 aromatic rings. The first-order chi connectivity index (χ1) is 6.52. The van der Waals surface area contributed by atoms with Gasteiger partial charge >= 0.3 is 12.3 Å². The van der Waals surface area contributed by atoms with Crippen LogP contribution in [0, 0.1) is 5.92 Å². The smallest absolute Gasteiger partial charge is 0.316 e. The van der Waals surface area contributed by atoms with Crippen LogP contribution in [-0.2, 0) is 0 Å². The lowest BCUT2D eigenvalue weighted by molar-refractivity contribution is -0.125. The van der Waals surface area contributed by atoms with Crippen molar-refractivity contribution in [3.8, 4) is 0 Å². The monoisotopic (exact) mass is 214 g/mol. The summed E-state index contributed by atoms with van der Waals surface area (Å²) in [7, 11) is 0. The van der Waals surface area contributed by atoms with E-state index in [2.05, 4.69) is 10.6 Å². The quantitative estimate of drug-likeness (QED) is 0.669. The van der Waals surface area contributed by atoms with Gasteiger partial charge in [-0.25, -0.2) is 8.78 Å². The SMILES string of the molecule is FC(F)C(F)(F)CNCC1CCNC1. The summed E-state index contributed by atoms with van der Waals surface area (Å²) in [4.78, 5) is 0. The Morgan fingerprint density at radius 1 is 1.43 bits per heavy atom. The van der Waals surface area contributed by atoms with Gasteiger partial charge in [0.1, 0.15) is 0 Å².